The molecule has 0 bridgehead atoms. The van der Waals surface area contributed by atoms with Gasteiger partial charge >= 0.3 is 0 Å². The van der Waals surface area contributed by atoms with E-state index in [1.165, 1.54) is 29.2 Å². The Balaban J connectivity index is 1.80. The van der Waals surface area contributed by atoms with Gasteiger partial charge < -0.3 is 5.32 Å². The van der Waals surface area contributed by atoms with Gasteiger partial charge in [-0.2, -0.15) is 5.10 Å². The maximum absolute atomic E-state index is 10.6. The van der Waals surface area contributed by atoms with E-state index in [1.54, 1.807) is 18.5 Å². The second kappa shape index (κ2) is 6.19. The predicted molar refractivity (Wildman–Crippen MR) is 85.6 cm³/mol. The highest BCUT2D eigenvalue weighted by Crippen LogP contribution is 2.23. The minimum atomic E-state index is -0.511. The Bertz CT molecular complexity index is 865. The highest BCUT2D eigenvalue weighted by atomic mass is 35.5. The van der Waals surface area contributed by atoms with Crippen LogP contribution in [0.1, 0.15) is 0 Å². The number of rotatable bonds is 4. The van der Waals surface area contributed by atoms with E-state index in [0.717, 1.165) is 0 Å². The van der Waals surface area contributed by atoms with Gasteiger partial charge in [-0.3, -0.25) is 10.1 Å². The van der Waals surface area contributed by atoms with E-state index in [-0.39, 0.29) is 5.69 Å². The van der Waals surface area contributed by atoms with Gasteiger partial charge in [0.2, 0.25) is 0 Å². The fourth-order valence-electron chi connectivity index (χ4n) is 1.80. The van der Waals surface area contributed by atoms with Gasteiger partial charge in [0.05, 0.1) is 33.0 Å². The Morgan fingerprint density at radius 2 is 2.00 bits per heavy atom. The average molecular weight is 351 g/mol. The molecule has 23 heavy (non-hydrogen) atoms. The van der Waals surface area contributed by atoms with Crippen molar-refractivity contribution in [3.05, 3.63) is 63.1 Å². The molecule has 0 aliphatic rings. The number of nitrogens with zero attached hydrogens (tertiary/aromatic N) is 5. The molecule has 8 nitrogen and oxygen atoms in total. The fraction of sp³-hybridized carbons (Fsp3) is 0. The number of hydrogen-bond donors (Lipinski definition) is 1. The molecule has 3 heterocycles. The zero-order chi connectivity index (χ0) is 16.4. The topological polar surface area (TPSA) is 98.8 Å². The third-order valence-electron chi connectivity index (χ3n) is 2.82. The molecule has 0 aliphatic carbocycles. The van der Waals surface area contributed by atoms with Crippen LogP contribution in [-0.2, 0) is 0 Å². The number of anilines is 2. The van der Waals surface area contributed by atoms with E-state index in [0.29, 0.717) is 27.4 Å². The van der Waals surface area contributed by atoms with E-state index in [2.05, 4.69) is 20.4 Å². The Morgan fingerprint density at radius 3 is 2.65 bits per heavy atom. The van der Waals surface area contributed by atoms with Gasteiger partial charge in [-0.1, -0.05) is 23.2 Å². The van der Waals surface area contributed by atoms with Crippen LogP contribution in [0.15, 0.2) is 43.0 Å². The standard InChI is InChI=1S/C13H8Cl2N6O2/c14-8-3-11(15)13(17-4-8)20-7-9(5-18-20)19-12-2-1-10(6-16-12)21(22)23/h1-7H,(H,16,19). The Labute approximate surface area is 139 Å². The van der Waals surface area contributed by atoms with Crippen molar-refractivity contribution in [2.75, 3.05) is 5.32 Å². The van der Waals surface area contributed by atoms with Crippen LogP contribution in [0.3, 0.4) is 0 Å². The molecule has 1 N–H and O–H groups in total. The molecule has 3 rings (SSSR count). The van der Waals surface area contributed by atoms with Crippen LogP contribution in [0.4, 0.5) is 17.2 Å². The molecule has 116 valence electrons. The average Bonchev–Trinajstić information content (AvgIpc) is 2.96. The first-order valence-electron chi connectivity index (χ1n) is 6.26. The number of nitro groups is 1. The van der Waals surface area contributed by atoms with Crippen LogP contribution in [-0.4, -0.2) is 24.7 Å². The lowest BCUT2D eigenvalue weighted by molar-refractivity contribution is -0.385. The molecule has 0 atom stereocenters. The molecule has 0 fully saturated rings. The molecule has 0 aliphatic heterocycles. The van der Waals surface area contributed by atoms with Gasteiger partial charge in [0.1, 0.15) is 12.0 Å². The summed E-state index contributed by atoms with van der Waals surface area (Å²) in [5, 5.41) is 18.5. The molecule has 0 radical (unpaired) electrons. The first-order chi connectivity index (χ1) is 11.0. The quantitative estimate of drug-likeness (QED) is 0.569. The second-order valence-electron chi connectivity index (χ2n) is 4.42. The minimum Gasteiger partial charge on any atom is -0.338 e. The maximum atomic E-state index is 10.6. The summed E-state index contributed by atoms with van der Waals surface area (Å²) < 4.78 is 1.48. The molecule has 0 saturated heterocycles. The molecule has 10 heteroatoms. The smallest absolute Gasteiger partial charge is 0.287 e. The molecule has 0 aromatic carbocycles. The summed E-state index contributed by atoms with van der Waals surface area (Å²) in [6.07, 6.45) is 5.85. The highest BCUT2D eigenvalue weighted by molar-refractivity contribution is 6.35. The number of nitrogens with one attached hydrogen (secondary N) is 1. The van der Waals surface area contributed by atoms with Gasteiger partial charge in [0.25, 0.3) is 5.69 Å². The molecular formula is C13H8Cl2N6O2. The molecule has 3 aromatic heterocycles. The zero-order valence-corrected chi connectivity index (χ0v) is 12.9. The molecule has 0 unspecified atom stereocenters. The van der Waals surface area contributed by atoms with E-state index in [1.807, 2.05) is 0 Å². The van der Waals surface area contributed by atoms with E-state index in [9.17, 15) is 10.1 Å². The predicted octanol–water partition coefficient (Wildman–Crippen LogP) is 3.62. The number of hydrogen-bond acceptors (Lipinski definition) is 6. The number of halogens is 2. The van der Waals surface area contributed by atoms with E-state index >= 15 is 0 Å². The van der Waals surface area contributed by atoms with Crippen molar-refractivity contribution in [3.63, 3.8) is 0 Å². The second-order valence-corrected chi connectivity index (χ2v) is 5.26. The fourth-order valence-corrected chi connectivity index (χ4v) is 2.26. The van der Waals surface area contributed by atoms with Crippen molar-refractivity contribution >= 4 is 40.4 Å². The first-order valence-corrected chi connectivity index (χ1v) is 7.02. The number of aromatic nitrogens is 4. The lowest BCUT2D eigenvalue weighted by Gasteiger charge is -2.03. The van der Waals surface area contributed by atoms with Gasteiger partial charge in [0.15, 0.2) is 5.82 Å². The van der Waals surface area contributed by atoms with Crippen LogP contribution < -0.4 is 5.32 Å². The summed E-state index contributed by atoms with van der Waals surface area (Å²) in [5.41, 5.74) is 0.544. The monoisotopic (exact) mass is 350 g/mol. The first kappa shape index (κ1) is 15.2. The highest BCUT2D eigenvalue weighted by Gasteiger charge is 2.09. The minimum absolute atomic E-state index is 0.0802. The Kier molecular flexibility index (Phi) is 4.09. The van der Waals surface area contributed by atoms with Crippen molar-refractivity contribution in [1.82, 2.24) is 19.7 Å². The van der Waals surface area contributed by atoms with Crippen LogP contribution in [0, 0.1) is 10.1 Å². The summed E-state index contributed by atoms with van der Waals surface area (Å²) in [6, 6.07) is 4.43. The summed E-state index contributed by atoms with van der Waals surface area (Å²) in [4.78, 5) is 18.2. The largest absolute Gasteiger partial charge is 0.338 e. The van der Waals surface area contributed by atoms with Gasteiger partial charge in [-0.25, -0.2) is 14.6 Å². The molecule has 0 spiro atoms. The van der Waals surface area contributed by atoms with Crippen LogP contribution in [0.25, 0.3) is 5.82 Å². The van der Waals surface area contributed by atoms with Crippen LogP contribution in [0.5, 0.6) is 0 Å². The third-order valence-corrected chi connectivity index (χ3v) is 3.30. The summed E-state index contributed by atoms with van der Waals surface area (Å²) in [6.45, 7) is 0. The van der Waals surface area contributed by atoms with E-state index in [4.69, 9.17) is 23.2 Å². The Hall–Kier alpha value is -2.71. The van der Waals surface area contributed by atoms with Gasteiger partial charge in [-0.15, -0.1) is 0 Å². The van der Waals surface area contributed by atoms with Crippen LogP contribution in [0.2, 0.25) is 10.0 Å². The summed E-state index contributed by atoms with van der Waals surface area (Å²) in [5.74, 6) is 0.881. The van der Waals surface area contributed by atoms with Crippen molar-refractivity contribution in [2.45, 2.75) is 0 Å². The van der Waals surface area contributed by atoms with Crippen molar-refractivity contribution < 1.29 is 4.92 Å². The normalized spacial score (nSPS) is 10.5. The van der Waals surface area contributed by atoms with Gasteiger partial charge in [0, 0.05) is 12.3 Å². The summed E-state index contributed by atoms with van der Waals surface area (Å²) >= 11 is 11.9. The molecule has 0 amide bonds. The molecule has 0 saturated carbocycles. The number of pyridine rings is 2. The van der Waals surface area contributed by atoms with Crippen molar-refractivity contribution in [3.8, 4) is 5.82 Å². The zero-order valence-electron chi connectivity index (χ0n) is 11.3. The van der Waals surface area contributed by atoms with E-state index < -0.39 is 4.92 Å². The maximum Gasteiger partial charge on any atom is 0.287 e. The van der Waals surface area contributed by atoms with Crippen molar-refractivity contribution in [1.29, 1.82) is 0 Å². The molecule has 3 aromatic rings. The lowest BCUT2D eigenvalue weighted by Crippen LogP contribution is -1.98. The van der Waals surface area contributed by atoms with Gasteiger partial charge in [-0.05, 0) is 12.1 Å². The summed E-state index contributed by atoms with van der Waals surface area (Å²) in [7, 11) is 0. The molecular weight excluding hydrogens is 343 g/mol. The third kappa shape index (κ3) is 3.38. The Morgan fingerprint density at radius 1 is 1.17 bits per heavy atom. The lowest BCUT2D eigenvalue weighted by atomic mass is 10.4. The SMILES string of the molecule is O=[N+]([O-])c1ccc(Nc2cnn(-c3ncc(Cl)cc3Cl)c2)nc1. The van der Waals surface area contributed by atoms with Crippen LogP contribution >= 0.6 is 23.2 Å². The van der Waals surface area contributed by atoms with Crippen molar-refractivity contribution in [2.24, 2.45) is 0 Å².